The predicted molar refractivity (Wildman–Crippen MR) is 48.3 cm³/mol. The first-order chi connectivity index (χ1) is 6.39. The number of hydrogen-bond donors (Lipinski definition) is 1. The molecule has 0 radical (unpaired) electrons. The largest absolute Gasteiger partial charge is 0.479 e. The van der Waals surface area contributed by atoms with Crippen LogP contribution in [0.25, 0.3) is 0 Å². The molecule has 0 unspecified atom stereocenters. The van der Waals surface area contributed by atoms with Gasteiger partial charge in [0, 0.05) is 10.7 Å². The molecule has 1 aromatic rings. The number of carbonyl (C=O) groups is 1. The summed E-state index contributed by atoms with van der Waals surface area (Å²) in [6, 6.07) is 0. The molecule has 0 amide bonds. The van der Waals surface area contributed by atoms with Gasteiger partial charge in [-0.1, -0.05) is 11.3 Å². The smallest absolute Gasteiger partial charge is 0.341 e. The maximum absolute atomic E-state index is 10.7. The van der Waals surface area contributed by atoms with Gasteiger partial charge in [0.1, 0.15) is 0 Å². The molecular formula is C5H4ClNO5S2. The molecule has 0 fully saturated rings. The van der Waals surface area contributed by atoms with E-state index in [1.807, 2.05) is 0 Å². The minimum atomic E-state index is -3.82. The zero-order valence-corrected chi connectivity index (χ0v) is 8.90. The first-order valence-corrected chi connectivity index (χ1v) is 6.27. The average molecular weight is 258 g/mol. The van der Waals surface area contributed by atoms with Crippen molar-refractivity contribution in [2.75, 3.05) is 6.61 Å². The van der Waals surface area contributed by atoms with Gasteiger partial charge in [0.25, 0.3) is 14.2 Å². The lowest BCUT2D eigenvalue weighted by Gasteiger charge is -1.94. The van der Waals surface area contributed by atoms with Crippen molar-refractivity contribution in [2.24, 2.45) is 0 Å². The highest BCUT2D eigenvalue weighted by atomic mass is 35.7. The lowest BCUT2D eigenvalue weighted by Crippen LogP contribution is -2.08. The number of nitrogens with zero attached hydrogens (tertiary/aromatic N) is 1. The van der Waals surface area contributed by atoms with Crippen LogP contribution in [0, 0.1) is 0 Å². The molecule has 78 valence electrons. The molecule has 6 nitrogen and oxygen atoms in total. The Morgan fingerprint density at radius 1 is 1.71 bits per heavy atom. The summed E-state index contributed by atoms with van der Waals surface area (Å²) in [5.41, 5.74) is 0. The quantitative estimate of drug-likeness (QED) is 0.791. The van der Waals surface area contributed by atoms with E-state index in [9.17, 15) is 13.2 Å². The van der Waals surface area contributed by atoms with Gasteiger partial charge in [0.15, 0.2) is 10.8 Å². The third-order valence-electron chi connectivity index (χ3n) is 1.02. The van der Waals surface area contributed by atoms with Gasteiger partial charge >= 0.3 is 5.97 Å². The van der Waals surface area contributed by atoms with Crippen LogP contribution in [-0.2, 0) is 13.8 Å². The van der Waals surface area contributed by atoms with Crippen LogP contribution in [0.3, 0.4) is 0 Å². The van der Waals surface area contributed by atoms with Crippen LogP contribution >= 0.6 is 22.0 Å². The lowest BCUT2D eigenvalue weighted by molar-refractivity contribution is -0.139. The van der Waals surface area contributed by atoms with E-state index < -0.39 is 21.6 Å². The molecule has 0 saturated carbocycles. The summed E-state index contributed by atoms with van der Waals surface area (Å²) < 4.78 is 25.9. The number of aliphatic carboxylic acids is 1. The van der Waals surface area contributed by atoms with Crippen LogP contribution in [0.2, 0.25) is 0 Å². The lowest BCUT2D eigenvalue weighted by atomic mass is 10.7. The van der Waals surface area contributed by atoms with Crippen LogP contribution < -0.4 is 4.74 Å². The van der Waals surface area contributed by atoms with Crippen LogP contribution in [0.5, 0.6) is 5.19 Å². The summed E-state index contributed by atoms with van der Waals surface area (Å²) >= 11 is 0.665. The summed E-state index contributed by atoms with van der Waals surface area (Å²) in [4.78, 5) is 13.6. The van der Waals surface area contributed by atoms with E-state index in [0.29, 0.717) is 11.3 Å². The Bertz CT molecular complexity index is 439. The summed E-state index contributed by atoms with van der Waals surface area (Å²) in [5, 5.41) is 8.20. The van der Waals surface area contributed by atoms with E-state index >= 15 is 0 Å². The van der Waals surface area contributed by atoms with Gasteiger partial charge in [-0.05, 0) is 0 Å². The van der Waals surface area contributed by atoms with E-state index in [2.05, 4.69) is 9.72 Å². The Kier molecular flexibility index (Phi) is 3.29. The van der Waals surface area contributed by atoms with Gasteiger partial charge < -0.3 is 9.84 Å². The molecule has 0 spiro atoms. The van der Waals surface area contributed by atoms with E-state index in [1.165, 1.54) is 0 Å². The van der Waals surface area contributed by atoms with E-state index in [-0.39, 0.29) is 9.40 Å². The fourth-order valence-corrected chi connectivity index (χ4v) is 2.24. The van der Waals surface area contributed by atoms with Gasteiger partial charge in [-0.25, -0.2) is 18.2 Å². The topological polar surface area (TPSA) is 93.6 Å². The maximum atomic E-state index is 10.7. The van der Waals surface area contributed by atoms with E-state index in [0.717, 1.165) is 6.20 Å². The zero-order chi connectivity index (χ0) is 10.8. The number of thiazole rings is 1. The second-order valence-electron chi connectivity index (χ2n) is 2.07. The Hall–Kier alpha value is -0.860. The van der Waals surface area contributed by atoms with Crippen molar-refractivity contribution in [3.8, 4) is 5.19 Å². The van der Waals surface area contributed by atoms with Crippen LogP contribution in [-0.4, -0.2) is 31.1 Å². The molecule has 0 aliphatic heterocycles. The highest BCUT2D eigenvalue weighted by Crippen LogP contribution is 2.27. The highest BCUT2D eigenvalue weighted by molar-refractivity contribution is 8.15. The van der Waals surface area contributed by atoms with Gasteiger partial charge in [0.05, 0.1) is 6.20 Å². The fraction of sp³-hybridized carbons (Fsp3) is 0.200. The number of carboxylic acids is 1. The van der Waals surface area contributed by atoms with Crippen molar-refractivity contribution < 1.29 is 23.1 Å². The van der Waals surface area contributed by atoms with Crippen molar-refractivity contribution in [3.63, 3.8) is 0 Å². The molecule has 1 heterocycles. The second-order valence-corrected chi connectivity index (χ2v) is 5.85. The van der Waals surface area contributed by atoms with Crippen LogP contribution in [0.1, 0.15) is 0 Å². The third kappa shape index (κ3) is 3.13. The molecule has 1 rings (SSSR count). The summed E-state index contributed by atoms with van der Waals surface area (Å²) in [6.07, 6.45) is 1.00. The Morgan fingerprint density at radius 3 is 2.79 bits per heavy atom. The summed E-state index contributed by atoms with van der Waals surface area (Å²) in [7, 11) is 1.19. The van der Waals surface area contributed by atoms with Crippen molar-refractivity contribution in [3.05, 3.63) is 6.20 Å². The summed E-state index contributed by atoms with van der Waals surface area (Å²) in [6.45, 7) is -0.574. The van der Waals surface area contributed by atoms with Gasteiger partial charge in [-0.3, -0.25) is 0 Å². The molecule has 0 atom stereocenters. The normalized spacial score (nSPS) is 11.2. The minimum absolute atomic E-state index is 0.0494. The van der Waals surface area contributed by atoms with Crippen molar-refractivity contribution >= 4 is 37.0 Å². The van der Waals surface area contributed by atoms with E-state index in [4.69, 9.17) is 15.8 Å². The number of carboxylic acid groups (broad SMARTS) is 1. The number of rotatable bonds is 4. The Balaban J connectivity index is 2.74. The van der Waals surface area contributed by atoms with Gasteiger partial charge in [-0.15, -0.1) is 0 Å². The molecular weight excluding hydrogens is 254 g/mol. The number of hydrogen-bond acceptors (Lipinski definition) is 6. The third-order valence-corrected chi connectivity index (χ3v) is 3.99. The maximum Gasteiger partial charge on any atom is 0.341 e. The molecule has 14 heavy (non-hydrogen) atoms. The predicted octanol–water partition coefficient (Wildman–Crippen LogP) is 0.534. The van der Waals surface area contributed by atoms with Crippen molar-refractivity contribution in [2.45, 2.75) is 4.21 Å². The molecule has 1 N–H and O–H groups in total. The number of ether oxygens (including phenoxy) is 1. The average Bonchev–Trinajstić information content (AvgIpc) is 2.47. The Morgan fingerprint density at radius 2 is 2.36 bits per heavy atom. The standard InChI is InChI=1S/C5H4ClNO5S2/c6-14(10,11)4-1-7-5(13-4)12-2-3(8)9/h1H,2H2,(H,8,9). The molecule has 9 heteroatoms. The molecule has 1 aromatic heterocycles. The Labute approximate surface area is 87.5 Å². The number of aromatic nitrogens is 1. The van der Waals surface area contributed by atoms with Crippen molar-refractivity contribution in [1.82, 2.24) is 4.98 Å². The van der Waals surface area contributed by atoms with Gasteiger partial charge in [-0.2, -0.15) is 0 Å². The first-order valence-electron chi connectivity index (χ1n) is 3.14. The number of halogens is 1. The highest BCUT2D eigenvalue weighted by Gasteiger charge is 2.15. The molecule has 0 aromatic carbocycles. The molecule has 0 aliphatic carbocycles. The van der Waals surface area contributed by atoms with E-state index in [1.54, 1.807) is 0 Å². The van der Waals surface area contributed by atoms with Crippen LogP contribution in [0.15, 0.2) is 10.4 Å². The zero-order valence-electron chi connectivity index (χ0n) is 6.51. The second kappa shape index (κ2) is 4.11. The van der Waals surface area contributed by atoms with Gasteiger partial charge in [0.2, 0.25) is 0 Å². The van der Waals surface area contributed by atoms with Crippen molar-refractivity contribution in [1.29, 1.82) is 0 Å². The monoisotopic (exact) mass is 257 g/mol. The molecule has 0 bridgehead atoms. The first kappa shape index (κ1) is 11.2. The fourth-order valence-electron chi connectivity index (χ4n) is 0.547. The molecule has 0 aliphatic rings. The minimum Gasteiger partial charge on any atom is -0.479 e. The SMILES string of the molecule is O=C(O)COc1ncc(S(=O)(=O)Cl)s1. The molecule has 0 saturated heterocycles. The van der Waals surface area contributed by atoms with Crippen LogP contribution in [0.4, 0.5) is 0 Å². The summed E-state index contributed by atoms with van der Waals surface area (Å²) in [5.74, 6) is -1.17.